The minimum atomic E-state index is -0.524. The summed E-state index contributed by atoms with van der Waals surface area (Å²) in [4.78, 5) is 29.2. The summed E-state index contributed by atoms with van der Waals surface area (Å²) in [5.41, 5.74) is 1.64. The first-order chi connectivity index (χ1) is 14.6. The molecule has 0 radical (unpaired) electrons. The number of hydrogen-bond donors (Lipinski definition) is 2. The summed E-state index contributed by atoms with van der Waals surface area (Å²) in [6.07, 6.45) is 1.81. The maximum atomic E-state index is 12.8. The molecule has 1 aliphatic heterocycles. The maximum absolute atomic E-state index is 12.8. The molecule has 1 aromatic carbocycles. The Hall–Kier alpha value is -2.28. The third-order valence-electron chi connectivity index (χ3n) is 6.12. The molecule has 31 heavy (non-hydrogen) atoms. The first-order valence-electron chi connectivity index (χ1n) is 11.4. The Bertz CT molecular complexity index is 779. The highest BCUT2D eigenvalue weighted by molar-refractivity contribution is 5.78. The summed E-state index contributed by atoms with van der Waals surface area (Å²) in [7, 11) is 0. The van der Waals surface area contributed by atoms with Crippen molar-refractivity contribution in [3.8, 4) is 0 Å². The quantitative estimate of drug-likeness (QED) is 0.696. The molecule has 2 amide bonds. The monoisotopic (exact) mass is 430 g/mol. The van der Waals surface area contributed by atoms with Crippen LogP contribution in [0.3, 0.4) is 0 Å². The lowest BCUT2D eigenvalue weighted by atomic mass is 9.95. The van der Waals surface area contributed by atoms with Crippen LogP contribution in [0, 0.1) is 12.8 Å². The van der Waals surface area contributed by atoms with Gasteiger partial charge in [-0.15, -0.1) is 0 Å². The van der Waals surface area contributed by atoms with E-state index in [1.807, 2.05) is 25.7 Å². The van der Waals surface area contributed by atoms with E-state index in [9.17, 15) is 9.59 Å². The van der Waals surface area contributed by atoms with E-state index in [1.165, 1.54) is 11.3 Å². The van der Waals surface area contributed by atoms with Gasteiger partial charge >= 0.3 is 6.09 Å². The van der Waals surface area contributed by atoms with Gasteiger partial charge in [0.2, 0.25) is 5.91 Å². The van der Waals surface area contributed by atoms with Crippen LogP contribution in [0.4, 0.5) is 10.5 Å². The van der Waals surface area contributed by atoms with Crippen molar-refractivity contribution in [3.63, 3.8) is 0 Å². The van der Waals surface area contributed by atoms with E-state index < -0.39 is 11.7 Å². The van der Waals surface area contributed by atoms with Crippen LogP contribution in [0.25, 0.3) is 0 Å². The van der Waals surface area contributed by atoms with Crippen LogP contribution in [-0.2, 0) is 9.53 Å². The van der Waals surface area contributed by atoms with Crippen molar-refractivity contribution in [2.45, 2.75) is 58.6 Å². The van der Waals surface area contributed by atoms with Gasteiger partial charge in [-0.1, -0.05) is 12.1 Å². The highest BCUT2D eigenvalue weighted by atomic mass is 16.6. The Balaban J connectivity index is 1.46. The summed E-state index contributed by atoms with van der Waals surface area (Å²) in [5, 5.41) is 6.33. The normalized spacial score (nSPS) is 19.0. The second-order valence-corrected chi connectivity index (χ2v) is 10.1. The van der Waals surface area contributed by atoms with E-state index in [2.05, 4.69) is 53.6 Å². The number of nitrogens with zero attached hydrogens (tertiary/aromatic N) is 2. The number of alkyl carbamates (subject to hydrolysis) is 1. The number of aryl methyl sites for hydroxylation is 1. The number of anilines is 1. The van der Waals surface area contributed by atoms with E-state index in [0.29, 0.717) is 12.5 Å². The minimum Gasteiger partial charge on any atom is -0.444 e. The molecule has 1 saturated heterocycles. The maximum Gasteiger partial charge on any atom is 0.407 e. The Morgan fingerprint density at radius 3 is 2.35 bits per heavy atom. The number of carbonyl (C=O) groups excluding carboxylic acids is 2. The molecule has 1 saturated carbocycles. The molecular formula is C24H38N4O3. The van der Waals surface area contributed by atoms with Gasteiger partial charge < -0.3 is 25.2 Å². The van der Waals surface area contributed by atoms with Crippen LogP contribution in [0.15, 0.2) is 24.3 Å². The smallest absolute Gasteiger partial charge is 0.407 e. The molecule has 0 bridgehead atoms. The molecule has 3 rings (SSSR count). The molecule has 0 spiro atoms. The van der Waals surface area contributed by atoms with E-state index in [1.54, 1.807) is 0 Å². The van der Waals surface area contributed by atoms with Crippen LogP contribution < -0.4 is 15.5 Å². The number of piperazine rings is 1. The molecule has 2 fully saturated rings. The number of ether oxygens (including phenoxy) is 1. The zero-order valence-corrected chi connectivity index (χ0v) is 19.7. The lowest BCUT2D eigenvalue weighted by molar-refractivity contribution is -0.130. The first kappa shape index (κ1) is 23.4. The Morgan fingerprint density at radius 1 is 1.10 bits per heavy atom. The highest BCUT2D eigenvalue weighted by Gasteiger charge is 2.42. The van der Waals surface area contributed by atoms with Crippen LogP contribution in [-0.4, -0.2) is 67.3 Å². The number of amides is 2. The largest absolute Gasteiger partial charge is 0.444 e. The van der Waals surface area contributed by atoms with Crippen molar-refractivity contribution >= 4 is 17.7 Å². The number of rotatable bonds is 7. The third kappa shape index (κ3) is 6.86. The second kappa shape index (κ2) is 9.47. The van der Waals surface area contributed by atoms with Gasteiger partial charge in [-0.25, -0.2) is 4.79 Å². The van der Waals surface area contributed by atoms with Crippen LogP contribution in [0.5, 0.6) is 0 Å². The Morgan fingerprint density at radius 2 is 1.77 bits per heavy atom. The fourth-order valence-electron chi connectivity index (χ4n) is 4.07. The van der Waals surface area contributed by atoms with Crippen molar-refractivity contribution in [1.82, 2.24) is 15.5 Å². The topological polar surface area (TPSA) is 73.9 Å². The lowest BCUT2D eigenvalue weighted by Gasteiger charge is -2.37. The highest BCUT2D eigenvalue weighted by Crippen LogP contribution is 2.39. The molecule has 0 aromatic heterocycles. The van der Waals surface area contributed by atoms with Gasteiger partial charge in [0.15, 0.2) is 0 Å². The van der Waals surface area contributed by atoms with E-state index >= 15 is 0 Å². The van der Waals surface area contributed by atoms with E-state index in [4.69, 9.17) is 4.74 Å². The van der Waals surface area contributed by atoms with Gasteiger partial charge in [0, 0.05) is 44.0 Å². The predicted octanol–water partition coefficient (Wildman–Crippen LogP) is 2.93. The summed E-state index contributed by atoms with van der Waals surface area (Å²) >= 11 is 0. The summed E-state index contributed by atoms with van der Waals surface area (Å²) in [5.74, 6) is 0.585. The first-order valence-corrected chi connectivity index (χ1v) is 11.4. The standard InChI is InChI=1S/C24H38N4O3/c1-18-7-6-8-20(15-18)27-11-13-28(14-12-27)21(29)16-26-24(5,19-9-10-19)17-25-22(30)31-23(2,3)4/h6-8,15,19,26H,9-14,16-17H2,1-5H3,(H,25,30)/t24-/m1/s1. The summed E-state index contributed by atoms with van der Waals surface area (Å²) < 4.78 is 5.35. The molecule has 0 unspecified atom stereocenters. The zero-order valence-electron chi connectivity index (χ0n) is 19.7. The SMILES string of the molecule is Cc1cccc(N2CCN(C(=O)CN[C@](C)(CNC(=O)OC(C)(C)C)C3CC3)CC2)c1. The average molecular weight is 431 g/mol. The molecule has 7 nitrogen and oxygen atoms in total. The van der Waals surface area contributed by atoms with Crippen LogP contribution in [0.1, 0.15) is 46.1 Å². The zero-order chi connectivity index (χ0) is 22.6. The predicted molar refractivity (Wildman–Crippen MR) is 123 cm³/mol. The summed E-state index contributed by atoms with van der Waals surface area (Å²) in [6.45, 7) is 13.6. The number of nitrogens with one attached hydrogen (secondary N) is 2. The van der Waals surface area contributed by atoms with Crippen molar-refractivity contribution in [1.29, 1.82) is 0 Å². The van der Waals surface area contributed by atoms with E-state index in [0.717, 1.165) is 39.0 Å². The molecular weight excluding hydrogens is 392 g/mol. The Kier molecular flexibility index (Phi) is 7.14. The van der Waals surface area contributed by atoms with Crippen LogP contribution in [0.2, 0.25) is 0 Å². The Labute approximate surface area is 186 Å². The molecule has 1 atom stereocenters. The fourth-order valence-corrected chi connectivity index (χ4v) is 4.07. The third-order valence-corrected chi connectivity index (χ3v) is 6.12. The molecule has 1 aliphatic carbocycles. The molecule has 172 valence electrons. The molecule has 7 heteroatoms. The number of carbonyl (C=O) groups is 2. The van der Waals surface area contributed by atoms with Gasteiger partial charge in [0.25, 0.3) is 0 Å². The van der Waals surface area contributed by atoms with Gasteiger partial charge in [0.1, 0.15) is 5.60 Å². The summed E-state index contributed by atoms with van der Waals surface area (Å²) in [6, 6.07) is 8.50. The van der Waals surface area contributed by atoms with Crippen molar-refractivity contribution in [2.24, 2.45) is 5.92 Å². The molecule has 2 aliphatic rings. The average Bonchev–Trinajstić information content (AvgIpc) is 3.55. The fraction of sp³-hybridized carbons (Fsp3) is 0.667. The molecule has 1 heterocycles. The van der Waals surface area contributed by atoms with Gasteiger partial charge in [-0.05, 0) is 71.1 Å². The van der Waals surface area contributed by atoms with Crippen LogP contribution >= 0.6 is 0 Å². The van der Waals surface area contributed by atoms with Gasteiger partial charge in [-0.2, -0.15) is 0 Å². The second-order valence-electron chi connectivity index (χ2n) is 10.1. The minimum absolute atomic E-state index is 0.119. The number of benzene rings is 1. The van der Waals surface area contributed by atoms with Gasteiger partial charge in [0.05, 0.1) is 6.54 Å². The molecule has 1 aromatic rings. The van der Waals surface area contributed by atoms with Crippen molar-refractivity contribution in [3.05, 3.63) is 29.8 Å². The van der Waals surface area contributed by atoms with Gasteiger partial charge in [-0.3, -0.25) is 4.79 Å². The lowest BCUT2D eigenvalue weighted by Crippen LogP contribution is -2.57. The van der Waals surface area contributed by atoms with Crippen molar-refractivity contribution < 1.29 is 14.3 Å². The van der Waals surface area contributed by atoms with Crippen molar-refractivity contribution in [2.75, 3.05) is 44.2 Å². The number of hydrogen-bond acceptors (Lipinski definition) is 5. The van der Waals surface area contributed by atoms with E-state index in [-0.39, 0.29) is 18.0 Å². The molecule has 2 N–H and O–H groups in total.